The standard InChI is InChI=1S/C18H18Cl2N2O4S/c1-3-9-26-15-6-4-5-13(10-15)21-18(23)12-22(27(2,24)25)14-7-8-16(19)17(20)11-14/h3-8,10-11H,1,9,12H2,2H3,(H,21,23). The molecule has 6 nitrogen and oxygen atoms in total. The first-order chi connectivity index (χ1) is 12.7. The topological polar surface area (TPSA) is 75.7 Å². The predicted octanol–water partition coefficient (Wildman–Crippen LogP) is 3.96. The summed E-state index contributed by atoms with van der Waals surface area (Å²) in [7, 11) is -3.72. The minimum atomic E-state index is -3.72. The number of amides is 1. The Balaban J connectivity index is 2.17. The van der Waals surface area contributed by atoms with Gasteiger partial charge in [0, 0.05) is 11.8 Å². The number of nitrogens with one attached hydrogen (secondary N) is 1. The van der Waals surface area contributed by atoms with Gasteiger partial charge in [0.2, 0.25) is 15.9 Å². The minimum Gasteiger partial charge on any atom is -0.489 e. The quantitative estimate of drug-likeness (QED) is 0.645. The van der Waals surface area contributed by atoms with Gasteiger partial charge in [-0.15, -0.1) is 0 Å². The fourth-order valence-electron chi connectivity index (χ4n) is 2.19. The normalized spacial score (nSPS) is 10.9. The molecule has 0 radical (unpaired) electrons. The lowest BCUT2D eigenvalue weighted by atomic mass is 10.3. The van der Waals surface area contributed by atoms with Crippen LogP contribution in [0.5, 0.6) is 5.75 Å². The molecule has 0 saturated heterocycles. The zero-order valence-electron chi connectivity index (χ0n) is 14.5. The van der Waals surface area contributed by atoms with E-state index in [1.807, 2.05) is 0 Å². The highest BCUT2D eigenvalue weighted by Crippen LogP contribution is 2.28. The van der Waals surface area contributed by atoms with Crippen molar-refractivity contribution in [1.82, 2.24) is 0 Å². The number of anilines is 2. The molecule has 0 atom stereocenters. The second-order valence-electron chi connectivity index (χ2n) is 5.54. The smallest absolute Gasteiger partial charge is 0.245 e. The van der Waals surface area contributed by atoms with Crippen LogP contribution in [0.1, 0.15) is 0 Å². The molecule has 0 aliphatic rings. The van der Waals surface area contributed by atoms with E-state index in [0.29, 0.717) is 18.0 Å². The maximum Gasteiger partial charge on any atom is 0.245 e. The molecule has 2 aromatic rings. The van der Waals surface area contributed by atoms with Crippen molar-refractivity contribution in [1.29, 1.82) is 0 Å². The molecule has 0 heterocycles. The minimum absolute atomic E-state index is 0.190. The van der Waals surface area contributed by atoms with Crippen LogP contribution in [0.25, 0.3) is 0 Å². The second kappa shape index (κ2) is 9.12. The van der Waals surface area contributed by atoms with Crippen molar-refractivity contribution < 1.29 is 17.9 Å². The third kappa shape index (κ3) is 6.16. The molecule has 9 heteroatoms. The first kappa shape index (κ1) is 21.1. The van der Waals surface area contributed by atoms with Crippen LogP contribution >= 0.6 is 23.2 Å². The number of rotatable bonds is 8. The van der Waals surface area contributed by atoms with E-state index in [-0.39, 0.29) is 15.7 Å². The third-order valence-corrected chi connectivity index (χ3v) is 5.24. The highest BCUT2D eigenvalue weighted by molar-refractivity contribution is 7.92. The number of carbonyl (C=O) groups is 1. The summed E-state index contributed by atoms with van der Waals surface area (Å²) in [6, 6.07) is 11.1. The van der Waals surface area contributed by atoms with Crippen molar-refractivity contribution in [2.24, 2.45) is 0 Å². The van der Waals surface area contributed by atoms with Crippen LogP contribution in [0.15, 0.2) is 55.1 Å². The van der Waals surface area contributed by atoms with Gasteiger partial charge in [0.1, 0.15) is 18.9 Å². The van der Waals surface area contributed by atoms with Crippen LogP contribution in [0.4, 0.5) is 11.4 Å². The molecule has 0 aliphatic carbocycles. The molecule has 27 heavy (non-hydrogen) atoms. The molecule has 2 aromatic carbocycles. The highest BCUT2D eigenvalue weighted by atomic mass is 35.5. The van der Waals surface area contributed by atoms with Crippen LogP contribution in [-0.2, 0) is 14.8 Å². The van der Waals surface area contributed by atoms with Crippen LogP contribution in [0.2, 0.25) is 10.0 Å². The van der Waals surface area contributed by atoms with E-state index >= 15 is 0 Å². The van der Waals surface area contributed by atoms with Gasteiger partial charge in [-0.25, -0.2) is 8.42 Å². The van der Waals surface area contributed by atoms with Gasteiger partial charge in [-0.2, -0.15) is 0 Å². The summed E-state index contributed by atoms with van der Waals surface area (Å²) in [6.07, 6.45) is 2.61. The molecule has 144 valence electrons. The second-order valence-corrected chi connectivity index (χ2v) is 8.26. The molecular formula is C18H18Cl2N2O4S. The van der Waals surface area contributed by atoms with Crippen molar-refractivity contribution in [3.8, 4) is 5.75 Å². The van der Waals surface area contributed by atoms with Crippen molar-refractivity contribution in [2.45, 2.75) is 0 Å². The number of sulfonamides is 1. The van der Waals surface area contributed by atoms with Crippen molar-refractivity contribution in [3.05, 3.63) is 65.2 Å². The first-order valence-corrected chi connectivity index (χ1v) is 10.4. The summed E-state index contributed by atoms with van der Waals surface area (Å²) in [4.78, 5) is 12.4. The van der Waals surface area contributed by atoms with Crippen molar-refractivity contribution >= 4 is 50.5 Å². The lowest BCUT2D eigenvalue weighted by Gasteiger charge is -2.22. The van der Waals surface area contributed by atoms with Gasteiger partial charge >= 0.3 is 0 Å². The summed E-state index contributed by atoms with van der Waals surface area (Å²) < 4.78 is 30.6. The molecule has 0 spiro atoms. The first-order valence-electron chi connectivity index (χ1n) is 7.77. The van der Waals surface area contributed by atoms with Gasteiger partial charge in [-0.3, -0.25) is 9.10 Å². The average Bonchev–Trinajstić information content (AvgIpc) is 2.60. The maximum absolute atomic E-state index is 12.4. The Morgan fingerprint density at radius 3 is 2.59 bits per heavy atom. The fourth-order valence-corrected chi connectivity index (χ4v) is 3.33. The third-order valence-electron chi connectivity index (χ3n) is 3.36. The molecule has 0 fully saturated rings. The molecule has 2 rings (SSSR count). The number of carbonyl (C=O) groups excluding carboxylic acids is 1. The van der Waals surface area contributed by atoms with Gasteiger partial charge < -0.3 is 10.1 Å². The van der Waals surface area contributed by atoms with E-state index < -0.39 is 22.5 Å². The monoisotopic (exact) mass is 428 g/mol. The zero-order valence-corrected chi connectivity index (χ0v) is 16.8. The maximum atomic E-state index is 12.4. The molecule has 1 amide bonds. The zero-order chi connectivity index (χ0) is 20.0. The van der Waals surface area contributed by atoms with Crippen LogP contribution < -0.4 is 14.4 Å². The Labute approximate surface area is 168 Å². The number of hydrogen-bond acceptors (Lipinski definition) is 4. The van der Waals surface area contributed by atoms with Crippen LogP contribution in [0, 0.1) is 0 Å². The van der Waals surface area contributed by atoms with E-state index in [2.05, 4.69) is 11.9 Å². The number of halogens is 2. The summed E-state index contributed by atoms with van der Waals surface area (Å²) in [5.74, 6) is 0.0320. The number of benzene rings is 2. The van der Waals surface area contributed by atoms with Crippen LogP contribution in [0.3, 0.4) is 0 Å². The van der Waals surface area contributed by atoms with Gasteiger partial charge in [0.05, 0.1) is 22.0 Å². The Morgan fingerprint density at radius 2 is 1.96 bits per heavy atom. The van der Waals surface area contributed by atoms with E-state index in [1.165, 1.54) is 18.2 Å². The summed E-state index contributed by atoms with van der Waals surface area (Å²) in [6.45, 7) is 3.48. The van der Waals surface area contributed by atoms with Crippen LogP contribution in [-0.4, -0.2) is 33.7 Å². The fraction of sp³-hybridized carbons (Fsp3) is 0.167. The molecule has 0 aromatic heterocycles. The van der Waals surface area contributed by atoms with Crippen molar-refractivity contribution in [2.75, 3.05) is 29.0 Å². The molecule has 1 N–H and O–H groups in total. The summed E-state index contributed by atoms with van der Waals surface area (Å²) in [5, 5.41) is 3.12. The van der Waals surface area contributed by atoms with Gasteiger partial charge in [0.15, 0.2) is 0 Å². The summed E-state index contributed by atoms with van der Waals surface area (Å²) in [5.41, 5.74) is 0.717. The average molecular weight is 429 g/mol. The highest BCUT2D eigenvalue weighted by Gasteiger charge is 2.21. The molecular weight excluding hydrogens is 411 g/mol. The van der Waals surface area contributed by atoms with E-state index in [4.69, 9.17) is 27.9 Å². The molecule has 0 bridgehead atoms. The lowest BCUT2D eigenvalue weighted by Crippen LogP contribution is -2.37. The SMILES string of the molecule is C=CCOc1cccc(NC(=O)CN(c2ccc(Cl)c(Cl)c2)S(C)(=O)=O)c1. The number of hydrogen-bond donors (Lipinski definition) is 1. The van der Waals surface area contributed by atoms with E-state index in [1.54, 1.807) is 30.3 Å². The number of ether oxygens (including phenoxy) is 1. The van der Waals surface area contributed by atoms with E-state index in [0.717, 1.165) is 10.6 Å². The van der Waals surface area contributed by atoms with E-state index in [9.17, 15) is 13.2 Å². The van der Waals surface area contributed by atoms with Gasteiger partial charge in [0.25, 0.3) is 0 Å². The lowest BCUT2D eigenvalue weighted by molar-refractivity contribution is -0.114. The van der Waals surface area contributed by atoms with Gasteiger partial charge in [-0.05, 0) is 30.3 Å². The predicted molar refractivity (Wildman–Crippen MR) is 109 cm³/mol. The Kier molecular flexibility index (Phi) is 7.12. The molecule has 0 saturated carbocycles. The van der Waals surface area contributed by atoms with Crippen molar-refractivity contribution in [3.63, 3.8) is 0 Å². The van der Waals surface area contributed by atoms with Gasteiger partial charge in [-0.1, -0.05) is 41.9 Å². The Bertz CT molecular complexity index is 948. The molecule has 0 aliphatic heterocycles. The Hall–Kier alpha value is -2.22. The number of nitrogens with zero attached hydrogens (tertiary/aromatic N) is 1. The molecule has 0 unspecified atom stereocenters. The Morgan fingerprint density at radius 1 is 1.22 bits per heavy atom. The largest absolute Gasteiger partial charge is 0.489 e. The summed E-state index contributed by atoms with van der Waals surface area (Å²) >= 11 is 11.8.